The molecule has 0 aromatic heterocycles. The van der Waals surface area contributed by atoms with E-state index in [1.165, 1.54) is 12.1 Å². The molecule has 0 radical (unpaired) electrons. The number of hydrogen-bond acceptors (Lipinski definition) is 2. The second-order valence-corrected chi connectivity index (χ2v) is 6.73. The fourth-order valence-corrected chi connectivity index (χ4v) is 2.19. The molecular weight excluding hydrogens is 286 g/mol. The second-order valence-electron chi connectivity index (χ2n) is 6.32. The minimum absolute atomic E-state index is 0.0652. The number of rotatable bonds is 7. The zero-order valence-electron chi connectivity index (χ0n) is 13.4. The minimum Gasteiger partial charge on any atom is -0.508 e. The van der Waals surface area contributed by atoms with Gasteiger partial charge in [0, 0.05) is 13.1 Å². The van der Waals surface area contributed by atoms with Crippen LogP contribution in [-0.4, -0.2) is 29.0 Å². The fraction of sp³-hybridized carbons (Fsp3) is 0.588. The molecule has 0 fully saturated rings. The summed E-state index contributed by atoms with van der Waals surface area (Å²) in [5.74, 6) is 1.05. The third-order valence-corrected chi connectivity index (χ3v) is 3.75. The summed E-state index contributed by atoms with van der Waals surface area (Å²) in [5, 5.41) is 9.96. The highest BCUT2D eigenvalue weighted by Gasteiger charge is 2.19. The van der Waals surface area contributed by atoms with E-state index in [4.69, 9.17) is 11.6 Å². The molecule has 0 aliphatic carbocycles. The number of nitrogens with zero attached hydrogens (tertiary/aromatic N) is 1. The van der Waals surface area contributed by atoms with Crippen molar-refractivity contribution >= 4 is 17.5 Å². The van der Waals surface area contributed by atoms with Gasteiger partial charge in [-0.05, 0) is 42.9 Å². The van der Waals surface area contributed by atoms with Gasteiger partial charge in [0.15, 0.2) is 0 Å². The zero-order valence-corrected chi connectivity index (χ0v) is 14.2. The van der Waals surface area contributed by atoms with Crippen molar-refractivity contribution in [3.8, 4) is 5.75 Å². The predicted molar refractivity (Wildman–Crippen MR) is 87.9 cm³/mol. The summed E-state index contributed by atoms with van der Waals surface area (Å²) in [5.41, 5.74) is 0.379. The third-order valence-electron chi connectivity index (χ3n) is 3.42. The number of aromatic hydroxyl groups is 1. The normalized spacial score (nSPS) is 11.2. The van der Waals surface area contributed by atoms with E-state index in [9.17, 15) is 9.90 Å². The number of amides is 1. The Morgan fingerprint density at radius 3 is 2.14 bits per heavy atom. The maximum absolute atomic E-state index is 12.7. The number of phenols is 1. The Bertz CT molecular complexity index is 460. The second kappa shape index (κ2) is 8.28. The van der Waals surface area contributed by atoms with Crippen LogP contribution in [-0.2, 0) is 0 Å². The molecule has 0 heterocycles. The first-order valence-electron chi connectivity index (χ1n) is 7.59. The third kappa shape index (κ3) is 5.96. The van der Waals surface area contributed by atoms with Crippen LogP contribution in [0.5, 0.6) is 5.75 Å². The van der Waals surface area contributed by atoms with Crippen molar-refractivity contribution in [2.45, 2.75) is 40.5 Å². The summed E-state index contributed by atoms with van der Waals surface area (Å²) in [4.78, 5) is 14.5. The Hall–Kier alpha value is -1.22. The lowest BCUT2D eigenvalue weighted by Gasteiger charge is -2.25. The van der Waals surface area contributed by atoms with Crippen molar-refractivity contribution in [2.24, 2.45) is 11.8 Å². The molecular formula is C17H26ClNO2. The van der Waals surface area contributed by atoms with Crippen LogP contribution in [0.4, 0.5) is 0 Å². The van der Waals surface area contributed by atoms with Crippen molar-refractivity contribution in [3.63, 3.8) is 0 Å². The van der Waals surface area contributed by atoms with Gasteiger partial charge in [0.1, 0.15) is 5.75 Å². The maximum atomic E-state index is 12.7. The van der Waals surface area contributed by atoms with Gasteiger partial charge in [0.2, 0.25) is 0 Å². The molecule has 0 saturated heterocycles. The van der Waals surface area contributed by atoms with E-state index in [0.717, 1.165) is 25.9 Å². The highest BCUT2D eigenvalue weighted by molar-refractivity contribution is 6.33. The smallest absolute Gasteiger partial charge is 0.255 e. The van der Waals surface area contributed by atoms with Crippen LogP contribution < -0.4 is 0 Å². The molecule has 0 saturated carbocycles. The molecule has 1 aromatic rings. The van der Waals surface area contributed by atoms with Gasteiger partial charge < -0.3 is 10.0 Å². The highest BCUT2D eigenvalue weighted by atomic mass is 35.5. The number of benzene rings is 1. The Balaban J connectivity index is 2.89. The minimum atomic E-state index is -0.0998. The fourth-order valence-electron chi connectivity index (χ4n) is 1.99. The molecule has 4 heteroatoms. The molecule has 0 atom stereocenters. The molecule has 0 aliphatic rings. The van der Waals surface area contributed by atoms with E-state index >= 15 is 0 Å². The van der Waals surface area contributed by atoms with E-state index in [1.54, 1.807) is 6.07 Å². The van der Waals surface area contributed by atoms with Gasteiger partial charge in [-0.2, -0.15) is 0 Å². The maximum Gasteiger partial charge on any atom is 0.255 e. The SMILES string of the molecule is CC(C)CCN(CCC(C)C)C(=O)c1cc(O)ccc1Cl. The first kappa shape index (κ1) is 17.8. The van der Waals surface area contributed by atoms with Crippen LogP contribution in [0.2, 0.25) is 5.02 Å². The first-order chi connectivity index (χ1) is 9.81. The highest BCUT2D eigenvalue weighted by Crippen LogP contribution is 2.23. The Kier molecular flexibility index (Phi) is 7.03. The van der Waals surface area contributed by atoms with Gasteiger partial charge in [-0.3, -0.25) is 4.79 Å². The average Bonchev–Trinajstić information content (AvgIpc) is 2.40. The molecule has 1 N–H and O–H groups in total. The summed E-state index contributed by atoms with van der Waals surface area (Å²) < 4.78 is 0. The number of carbonyl (C=O) groups is 1. The van der Waals surface area contributed by atoms with Gasteiger partial charge in [0.25, 0.3) is 5.91 Å². The first-order valence-corrected chi connectivity index (χ1v) is 7.96. The number of hydrogen-bond donors (Lipinski definition) is 1. The standard InChI is InChI=1S/C17H26ClNO2/c1-12(2)7-9-19(10-8-13(3)4)17(21)15-11-14(20)5-6-16(15)18/h5-6,11-13,20H,7-10H2,1-4H3. The molecule has 21 heavy (non-hydrogen) atoms. The summed E-state index contributed by atoms with van der Waals surface area (Å²) in [6.45, 7) is 10.0. The molecule has 0 bridgehead atoms. The molecule has 1 aromatic carbocycles. The monoisotopic (exact) mass is 311 g/mol. The van der Waals surface area contributed by atoms with Gasteiger partial charge in [-0.25, -0.2) is 0 Å². The zero-order chi connectivity index (χ0) is 16.0. The number of carbonyl (C=O) groups excluding carboxylic acids is 1. The van der Waals surface area contributed by atoms with Crippen LogP contribution in [0.3, 0.4) is 0 Å². The largest absolute Gasteiger partial charge is 0.508 e. The lowest BCUT2D eigenvalue weighted by Crippen LogP contribution is -2.34. The summed E-state index contributed by atoms with van der Waals surface area (Å²) in [6.07, 6.45) is 1.92. The van der Waals surface area contributed by atoms with E-state index in [-0.39, 0.29) is 11.7 Å². The quantitative estimate of drug-likeness (QED) is 0.800. The van der Waals surface area contributed by atoms with Gasteiger partial charge >= 0.3 is 0 Å². The van der Waals surface area contributed by atoms with Crippen molar-refractivity contribution in [2.75, 3.05) is 13.1 Å². The molecule has 118 valence electrons. The topological polar surface area (TPSA) is 40.5 Å². The predicted octanol–water partition coefficient (Wildman–Crippen LogP) is 4.58. The van der Waals surface area contributed by atoms with Crippen LogP contribution in [0.1, 0.15) is 50.9 Å². The van der Waals surface area contributed by atoms with Crippen molar-refractivity contribution in [1.29, 1.82) is 0 Å². The van der Waals surface area contributed by atoms with Crippen LogP contribution in [0.25, 0.3) is 0 Å². The molecule has 0 spiro atoms. The number of halogens is 1. The molecule has 0 aliphatic heterocycles. The van der Waals surface area contributed by atoms with Gasteiger partial charge in [-0.1, -0.05) is 39.3 Å². The van der Waals surface area contributed by atoms with Crippen molar-refractivity contribution < 1.29 is 9.90 Å². The molecule has 1 rings (SSSR count). The molecule has 3 nitrogen and oxygen atoms in total. The summed E-state index contributed by atoms with van der Waals surface area (Å²) in [6, 6.07) is 4.50. The lowest BCUT2D eigenvalue weighted by atomic mass is 10.1. The van der Waals surface area contributed by atoms with E-state index in [1.807, 2.05) is 4.90 Å². The van der Waals surface area contributed by atoms with Crippen molar-refractivity contribution in [3.05, 3.63) is 28.8 Å². The Morgan fingerprint density at radius 1 is 1.14 bits per heavy atom. The van der Waals surface area contributed by atoms with Crippen LogP contribution in [0.15, 0.2) is 18.2 Å². The van der Waals surface area contributed by atoms with E-state index in [0.29, 0.717) is 22.4 Å². The van der Waals surface area contributed by atoms with E-state index in [2.05, 4.69) is 27.7 Å². The summed E-state index contributed by atoms with van der Waals surface area (Å²) >= 11 is 6.10. The van der Waals surface area contributed by atoms with Gasteiger partial charge in [-0.15, -0.1) is 0 Å². The van der Waals surface area contributed by atoms with Crippen LogP contribution >= 0.6 is 11.6 Å². The molecule has 1 amide bonds. The Morgan fingerprint density at radius 2 is 1.67 bits per heavy atom. The van der Waals surface area contributed by atoms with Crippen LogP contribution in [0, 0.1) is 11.8 Å². The van der Waals surface area contributed by atoms with E-state index < -0.39 is 0 Å². The molecule has 0 unspecified atom stereocenters. The van der Waals surface area contributed by atoms with Gasteiger partial charge in [0.05, 0.1) is 10.6 Å². The Labute approximate surface area is 132 Å². The average molecular weight is 312 g/mol. The lowest BCUT2D eigenvalue weighted by molar-refractivity contribution is 0.0740. The number of phenolic OH excluding ortho intramolecular Hbond substituents is 1. The van der Waals surface area contributed by atoms with Crippen molar-refractivity contribution in [1.82, 2.24) is 4.90 Å². The summed E-state index contributed by atoms with van der Waals surface area (Å²) in [7, 11) is 0.